The van der Waals surface area contributed by atoms with Crippen molar-refractivity contribution in [3.05, 3.63) is 53.2 Å². The number of aromatic hydroxyl groups is 1. The normalized spacial score (nSPS) is 11.9. The molecule has 0 fully saturated rings. The van der Waals surface area contributed by atoms with Crippen LogP contribution in [0.15, 0.2) is 36.5 Å². The van der Waals surface area contributed by atoms with E-state index in [9.17, 15) is 18.3 Å². The molecule has 0 saturated heterocycles. The number of benzene rings is 2. The Kier molecular flexibility index (Phi) is 4.85. The second-order valence-corrected chi connectivity index (χ2v) is 6.36. The van der Waals surface area contributed by atoms with Crippen LogP contribution in [0.25, 0.3) is 10.9 Å². The number of hydrogen-bond acceptors (Lipinski definition) is 2. The van der Waals surface area contributed by atoms with E-state index < -0.39 is 17.5 Å². The number of aromatic nitrogens is 1. The minimum atomic E-state index is -4.62. The zero-order valence-electron chi connectivity index (χ0n) is 14.6. The third-order valence-electron chi connectivity index (χ3n) is 4.32. The molecule has 0 amide bonds. The van der Waals surface area contributed by atoms with Gasteiger partial charge in [0.1, 0.15) is 22.8 Å². The number of aromatic amines is 1. The van der Waals surface area contributed by atoms with Gasteiger partial charge in [0.25, 0.3) is 0 Å². The second kappa shape index (κ2) is 6.94. The molecule has 0 atom stereocenters. The molecule has 0 saturated carbocycles. The van der Waals surface area contributed by atoms with Crippen molar-refractivity contribution in [1.82, 2.24) is 4.98 Å². The molecule has 1 aromatic heterocycles. The van der Waals surface area contributed by atoms with E-state index >= 15 is 0 Å². The lowest BCUT2D eigenvalue weighted by Gasteiger charge is -2.16. The Morgan fingerprint density at radius 1 is 1.15 bits per heavy atom. The van der Waals surface area contributed by atoms with Crippen molar-refractivity contribution >= 4 is 10.9 Å². The van der Waals surface area contributed by atoms with Crippen LogP contribution in [0.5, 0.6) is 17.2 Å². The highest BCUT2D eigenvalue weighted by Crippen LogP contribution is 2.42. The number of unbranched alkanes of at least 4 members (excludes halogenated alkanes) is 1. The lowest BCUT2D eigenvalue weighted by atomic mass is 10.1. The van der Waals surface area contributed by atoms with Crippen molar-refractivity contribution < 1.29 is 23.0 Å². The molecule has 0 unspecified atom stereocenters. The Labute approximate surface area is 149 Å². The van der Waals surface area contributed by atoms with Gasteiger partial charge in [0.05, 0.1) is 0 Å². The van der Waals surface area contributed by atoms with Crippen LogP contribution in [0.4, 0.5) is 13.2 Å². The van der Waals surface area contributed by atoms with Gasteiger partial charge in [-0.05, 0) is 61.2 Å². The van der Waals surface area contributed by atoms with Crippen LogP contribution in [0.2, 0.25) is 0 Å². The lowest BCUT2D eigenvalue weighted by Crippen LogP contribution is -2.08. The van der Waals surface area contributed by atoms with E-state index in [4.69, 9.17) is 4.74 Å². The van der Waals surface area contributed by atoms with Gasteiger partial charge in [-0.25, -0.2) is 0 Å². The van der Waals surface area contributed by atoms with Crippen LogP contribution < -0.4 is 4.74 Å². The second-order valence-electron chi connectivity index (χ2n) is 6.36. The van der Waals surface area contributed by atoms with Gasteiger partial charge in [-0.1, -0.05) is 13.3 Å². The fraction of sp³-hybridized carbons (Fsp3) is 0.300. The molecule has 6 heteroatoms. The Hall–Kier alpha value is -2.63. The molecule has 0 aliphatic rings. The molecule has 0 spiro atoms. The van der Waals surface area contributed by atoms with Gasteiger partial charge in [-0.2, -0.15) is 13.2 Å². The highest BCUT2D eigenvalue weighted by atomic mass is 19.4. The van der Waals surface area contributed by atoms with Crippen LogP contribution in [0, 0.1) is 6.92 Å². The molecule has 3 aromatic rings. The first-order valence-corrected chi connectivity index (χ1v) is 8.48. The van der Waals surface area contributed by atoms with Crippen molar-refractivity contribution in [3.8, 4) is 17.2 Å². The van der Waals surface area contributed by atoms with Crippen molar-refractivity contribution in [2.75, 3.05) is 0 Å². The van der Waals surface area contributed by atoms with Gasteiger partial charge in [-0.3, -0.25) is 0 Å². The maximum atomic E-state index is 13.3. The number of alkyl halides is 3. The van der Waals surface area contributed by atoms with E-state index in [0.717, 1.165) is 35.7 Å². The molecular weight excluding hydrogens is 343 g/mol. The maximum absolute atomic E-state index is 13.3. The van der Waals surface area contributed by atoms with Crippen LogP contribution >= 0.6 is 0 Å². The minimum Gasteiger partial charge on any atom is -0.508 e. The van der Waals surface area contributed by atoms with E-state index in [1.807, 2.05) is 6.20 Å². The summed E-state index contributed by atoms with van der Waals surface area (Å²) < 4.78 is 45.6. The zero-order valence-corrected chi connectivity index (χ0v) is 14.6. The molecule has 138 valence electrons. The summed E-state index contributed by atoms with van der Waals surface area (Å²) in [5.74, 6) is -0.403. The standard InChI is InChI=1S/C20H20F3NO2/c1-3-4-5-13-11-24-18-7-6-15(10-16(13)18)26-19-12(2)8-14(25)9-17(19)20(21,22)23/h6-11,24-25H,3-5H2,1-2H3. The average Bonchev–Trinajstić information content (AvgIpc) is 2.96. The fourth-order valence-corrected chi connectivity index (χ4v) is 3.01. The number of hydrogen-bond donors (Lipinski definition) is 2. The molecule has 3 rings (SSSR count). The predicted molar refractivity (Wildman–Crippen MR) is 94.8 cm³/mol. The molecule has 0 aliphatic heterocycles. The number of H-pyrrole nitrogens is 1. The SMILES string of the molecule is CCCCc1c[nH]c2ccc(Oc3c(C)cc(O)cc3C(F)(F)F)cc12. The van der Waals surface area contributed by atoms with Gasteiger partial charge in [-0.15, -0.1) is 0 Å². The molecule has 26 heavy (non-hydrogen) atoms. The number of aryl methyl sites for hydroxylation is 2. The topological polar surface area (TPSA) is 45.2 Å². The molecule has 3 nitrogen and oxygen atoms in total. The number of phenolic OH excluding ortho intramolecular Hbond substituents is 1. The summed E-state index contributed by atoms with van der Waals surface area (Å²) in [6.45, 7) is 3.58. The third-order valence-corrected chi connectivity index (χ3v) is 4.32. The Balaban J connectivity index is 2.01. The molecule has 1 heterocycles. The number of rotatable bonds is 5. The first-order valence-electron chi connectivity index (χ1n) is 8.48. The summed E-state index contributed by atoms with van der Waals surface area (Å²) in [7, 11) is 0. The largest absolute Gasteiger partial charge is 0.508 e. The van der Waals surface area contributed by atoms with Crippen molar-refractivity contribution in [2.45, 2.75) is 39.3 Å². The monoisotopic (exact) mass is 363 g/mol. The Bertz CT molecular complexity index is 929. The summed E-state index contributed by atoms with van der Waals surface area (Å²) in [6.07, 6.45) is 0.296. The number of fused-ring (bicyclic) bond motifs is 1. The number of ether oxygens (including phenoxy) is 1. The first-order chi connectivity index (χ1) is 12.3. The molecule has 0 radical (unpaired) electrons. The van der Waals surface area contributed by atoms with E-state index in [1.54, 1.807) is 18.2 Å². The maximum Gasteiger partial charge on any atom is 0.420 e. The highest BCUT2D eigenvalue weighted by Gasteiger charge is 2.36. The van der Waals surface area contributed by atoms with E-state index in [0.29, 0.717) is 11.8 Å². The van der Waals surface area contributed by atoms with Crippen LogP contribution in [0.1, 0.15) is 36.5 Å². The Morgan fingerprint density at radius 2 is 1.92 bits per heavy atom. The van der Waals surface area contributed by atoms with Gasteiger partial charge in [0.15, 0.2) is 0 Å². The third kappa shape index (κ3) is 3.64. The first kappa shape index (κ1) is 18.2. The summed E-state index contributed by atoms with van der Waals surface area (Å²) in [5.41, 5.74) is 1.26. The number of halogens is 3. The Morgan fingerprint density at radius 3 is 2.62 bits per heavy atom. The van der Waals surface area contributed by atoms with E-state index in [-0.39, 0.29) is 11.3 Å². The molecule has 2 aromatic carbocycles. The van der Waals surface area contributed by atoms with E-state index in [1.165, 1.54) is 13.0 Å². The zero-order chi connectivity index (χ0) is 18.9. The van der Waals surface area contributed by atoms with Crippen LogP contribution in [-0.2, 0) is 12.6 Å². The van der Waals surface area contributed by atoms with Gasteiger partial charge in [0, 0.05) is 17.1 Å². The van der Waals surface area contributed by atoms with Gasteiger partial charge >= 0.3 is 6.18 Å². The average molecular weight is 363 g/mol. The summed E-state index contributed by atoms with van der Waals surface area (Å²) in [4.78, 5) is 3.17. The minimum absolute atomic E-state index is 0.220. The van der Waals surface area contributed by atoms with Crippen LogP contribution in [0.3, 0.4) is 0 Å². The summed E-state index contributed by atoms with van der Waals surface area (Å²) in [6, 6.07) is 7.12. The van der Waals surface area contributed by atoms with Crippen LogP contribution in [-0.4, -0.2) is 10.1 Å². The van der Waals surface area contributed by atoms with E-state index in [2.05, 4.69) is 11.9 Å². The summed E-state index contributed by atoms with van der Waals surface area (Å²) >= 11 is 0. The smallest absolute Gasteiger partial charge is 0.420 e. The highest BCUT2D eigenvalue weighted by molar-refractivity contribution is 5.84. The molecule has 0 aliphatic carbocycles. The molecule has 0 bridgehead atoms. The van der Waals surface area contributed by atoms with Crippen molar-refractivity contribution in [1.29, 1.82) is 0 Å². The molecule has 2 N–H and O–H groups in total. The van der Waals surface area contributed by atoms with Crippen molar-refractivity contribution in [2.24, 2.45) is 0 Å². The lowest BCUT2D eigenvalue weighted by molar-refractivity contribution is -0.138. The van der Waals surface area contributed by atoms with Crippen molar-refractivity contribution in [3.63, 3.8) is 0 Å². The molecular formula is C20H20F3NO2. The summed E-state index contributed by atoms with van der Waals surface area (Å²) in [5, 5.41) is 10.5. The van der Waals surface area contributed by atoms with Gasteiger partial charge in [0.2, 0.25) is 0 Å². The number of phenols is 1. The predicted octanol–water partition coefficient (Wildman–Crippen LogP) is 6.34. The quantitative estimate of drug-likeness (QED) is 0.556. The van der Waals surface area contributed by atoms with Gasteiger partial charge < -0.3 is 14.8 Å². The fourth-order valence-electron chi connectivity index (χ4n) is 3.01. The number of nitrogens with one attached hydrogen (secondary N) is 1.